The zero-order valence-corrected chi connectivity index (χ0v) is 15.9. The van der Waals surface area contributed by atoms with Crippen LogP contribution in [0.25, 0.3) is 0 Å². The van der Waals surface area contributed by atoms with E-state index in [4.69, 9.17) is 5.11 Å². The molecule has 3 amide bonds. The first-order chi connectivity index (χ1) is 12.8. The van der Waals surface area contributed by atoms with Crippen LogP contribution in [0.5, 0.6) is 0 Å². The summed E-state index contributed by atoms with van der Waals surface area (Å²) in [5, 5.41) is 18.9. The van der Waals surface area contributed by atoms with Gasteiger partial charge in [-0.15, -0.1) is 11.3 Å². The zero-order valence-electron chi connectivity index (χ0n) is 15.1. The normalized spacial score (nSPS) is 12.7. The highest BCUT2D eigenvalue weighted by atomic mass is 32.1. The van der Waals surface area contributed by atoms with Crippen molar-refractivity contribution in [2.24, 2.45) is 0 Å². The van der Waals surface area contributed by atoms with Crippen LogP contribution in [0.15, 0.2) is 35.7 Å². The highest BCUT2D eigenvalue weighted by Gasteiger charge is 2.36. The lowest BCUT2D eigenvalue weighted by Crippen LogP contribution is -2.58. The number of carbonyl (C=O) groups excluding carboxylic acids is 2. The van der Waals surface area contributed by atoms with E-state index in [1.54, 1.807) is 5.38 Å². The summed E-state index contributed by atoms with van der Waals surface area (Å²) in [6.45, 7) is 3.27. The van der Waals surface area contributed by atoms with Crippen LogP contribution < -0.4 is 16.0 Å². The van der Waals surface area contributed by atoms with Crippen LogP contribution in [0.1, 0.15) is 25.1 Å². The van der Waals surface area contributed by atoms with Crippen molar-refractivity contribution in [1.29, 1.82) is 0 Å². The quantitative estimate of drug-likeness (QED) is 0.550. The molecule has 0 bridgehead atoms. The van der Waals surface area contributed by atoms with E-state index in [1.165, 1.54) is 25.2 Å². The van der Waals surface area contributed by atoms with E-state index in [-0.39, 0.29) is 12.3 Å². The molecule has 1 heterocycles. The van der Waals surface area contributed by atoms with Gasteiger partial charge in [-0.05, 0) is 18.9 Å². The van der Waals surface area contributed by atoms with Crippen molar-refractivity contribution in [1.82, 2.24) is 15.6 Å². The number of thiazole rings is 1. The van der Waals surface area contributed by atoms with Crippen molar-refractivity contribution in [2.75, 3.05) is 11.9 Å². The minimum absolute atomic E-state index is 0.0621. The SMILES string of the molecule is CC(=O)Nc1nc(CC(C)(NC(=O)O)C(=O)NCCc2ccccc2)cs1. The second kappa shape index (κ2) is 9.13. The predicted molar refractivity (Wildman–Crippen MR) is 103 cm³/mol. The molecule has 0 fully saturated rings. The van der Waals surface area contributed by atoms with Gasteiger partial charge in [-0.2, -0.15) is 0 Å². The summed E-state index contributed by atoms with van der Waals surface area (Å²) in [4.78, 5) is 39.2. The molecule has 9 heteroatoms. The summed E-state index contributed by atoms with van der Waals surface area (Å²) in [6, 6.07) is 9.67. The Hall–Kier alpha value is -2.94. The number of hydrogen-bond acceptors (Lipinski definition) is 5. The monoisotopic (exact) mass is 390 g/mol. The second-order valence-corrected chi connectivity index (χ2v) is 7.11. The summed E-state index contributed by atoms with van der Waals surface area (Å²) in [5.74, 6) is -0.684. The van der Waals surface area contributed by atoms with E-state index in [1.807, 2.05) is 30.3 Å². The number of benzene rings is 1. The number of carbonyl (C=O) groups is 3. The van der Waals surface area contributed by atoms with E-state index in [0.29, 0.717) is 23.8 Å². The third-order valence-corrected chi connectivity index (χ3v) is 4.60. The maximum absolute atomic E-state index is 12.6. The van der Waals surface area contributed by atoms with Gasteiger partial charge in [0.15, 0.2) is 5.13 Å². The van der Waals surface area contributed by atoms with Crippen LogP contribution in [-0.2, 0) is 22.4 Å². The molecule has 4 N–H and O–H groups in total. The van der Waals surface area contributed by atoms with Gasteiger partial charge >= 0.3 is 6.09 Å². The first-order valence-electron chi connectivity index (χ1n) is 8.34. The Balaban J connectivity index is 2.02. The van der Waals surface area contributed by atoms with Crippen LogP contribution in [0.2, 0.25) is 0 Å². The molecule has 0 aliphatic heterocycles. The van der Waals surface area contributed by atoms with Crippen molar-refractivity contribution in [3.63, 3.8) is 0 Å². The summed E-state index contributed by atoms with van der Waals surface area (Å²) in [7, 11) is 0. The van der Waals surface area contributed by atoms with Crippen LogP contribution in [0, 0.1) is 0 Å². The minimum atomic E-state index is -1.38. The number of carboxylic acid groups (broad SMARTS) is 1. The Morgan fingerprint density at radius 2 is 1.93 bits per heavy atom. The van der Waals surface area contributed by atoms with E-state index in [2.05, 4.69) is 20.9 Å². The molecule has 1 unspecified atom stereocenters. The van der Waals surface area contributed by atoms with Gasteiger partial charge in [-0.3, -0.25) is 9.59 Å². The number of amides is 3. The van der Waals surface area contributed by atoms with Gasteiger partial charge in [0.1, 0.15) is 5.54 Å². The molecule has 0 aliphatic carbocycles. The predicted octanol–water partition coefficient (Wildman–Crippen LogP) is 2.03. The van der Waals surface area contributed by atoms with Crippen LogP contribution in [-0.4, -0.2) is 40.1 Å². The second-order valence-electron chi connectivity index (χ2n) is 6.26. The fourth-order valence-corrected chi connectivity index (χ4v) is 3.29. The van der Waals surface area contributed by atoms with Crippen LogP contribution >= 0.6 is 11.3 Å². The van der Waals surface area contributed by atoms with Crippen LogP contribution in [0.3, 0.4) is 0 Å². The molecule has 0 aliphatic rings. The molecule has 0 radical (unpaired) electrons. The van der Waals surface area contributed by atoms with Crippen molar-refractivity contribution in [3.8, 4) is 0 Å². The molecule has 8 nitrogen and oxygen atoms in total. The van der Waals surface area contributed by atoms with Gasteiger partial charge < -0.3 is 21.1 Å². The molecule has 0 saturated heterocycles. The van der Waals surface area contributed by atoms with E-state index >= 15 is 0 Å². The zero-order chi connectivity index (χ0) is 19.9. The first kappa shape index (κ1) is 20.4. The Labute approximate surface area is 161 Å². The molecule has 144 valence electrons. The summed E-state index contributed by atoms with van der Waals surface area (Å²) < 4.78 is 0. The van der Waals surface area contributed by atoms with Gasteiger partial charge in [0, 0.05) is 25.3 Å². The maximum Gasteiger partial charge on any atom is 0.405 e. The van der Waals surface area contributed by atoms with Gasteiger partial charge in [0.25, 0.3) is 0 Å². The number of anilines is 1. The molecule has 1 atom stereocenters. The maximum atomic E-state index is 12.6. The standard InChI is InChI=1S/C18H22N4O4S/c1-12(23)20-16-21-14(11-27-16)10-18(2,22-17(25)26)15(24)19-9-8-13-6-4-3-5-7-13/h3-7,11,22H,8-10H2,1-2H3,(H,19,24)(H,25,26)(H,20,21,23). The molecular formula is C18H22N4O4S. The fraction of sp³-hybridized carbons (Fsp3) is 0.333. The molecule has 0 saturated carbocycles. The Kier molecular flexibility index (Phi) is 6.89. The third-order valence-electron chi connectivity index (χ3n) is 3.80. The Morgan fingerprint density at radius 1 is 1.22 bits per heavy atom. The van der Waals surface area contributed by atoms with Crippen molar-refractivity contribution in [2.45, 2.75) is 32.2 Å². The van der Waals surface area contributed by atoms with E-state index in [0.717, 1.165) is 5.56 Å². The molecule has 2 aromatic rings. The molecule has 1 aromatic carbocycles. The fourth-order valence-electron chi connectivity index (χ4n) is 2.54. The average molecular weight is 390 g/mol. The summed E-state index contributed by atoms with van der Waals surface area (Å²) in [5.41, 5.74) is 0.202. The Bertz CT molecular complexity index is 809. The lowest BCUT2D eigenvalue weighted by atomic mass is 9.95. The van der Waals surface area contributed by atoms with Crippen LogP contribution in [0.4, 0.5) is 9.93 Å². The smallest absolute Gasteiger partial charge is 0.405 e. The molecule has 27 heavy (non-hydrogen) atoms. The number of hydrogen-bond donors (Lipinski definition) is 4. The minimum Gasteiger partial charge on any atom is -0.465 e. The van der Waals surface area contributed by atoms with Gasteiger partial charge in [-0.25, -0.2) is 9.78 Å². The van der Waals surface area contributed by atoms with Gasteiger partial charge in [-0.1, -0.05) is 30.3 Å². The lowest BCUT2D eigenvalue weighted by molar-refractivity contribution is -0.126. The Morgan fingerprint density at radius 3 is 2.56 bits per heavy atom. The average Bonchev–Trinajstić information content (AvgIpc) is 3.00. The van der Waals surface area contributed by atoms with Gasteiger partial charge in [0.2, 0.25) is 11.8 Å². The molecule has 1 aromatic heterocycles. The number of nitrogens with zero attached hydrogens (tertiary/aromatic N) is 1. The van der Waals surface area contributed by atoms with E-state index in [9.17, 15) is 14.4 Å². The molecular weight excluding hydrogens is 368 g/mol. The molecule has 2 rings (SSSR count). The topological polar surface area (TPSA) is 120 Å². The summed E-state index contributed by atoms with van der Waals surface area (Å²) >= 11 is 1.21. The molecule has 0 spiro atoms. The lowest BCUT2D eigenvalue weighted by Gasteiger charge is -2.27. The number of nitrogens with one attached hydrogen (secondary N) is 3. The van der Waals surface area contributed by atoms with Crippen molar-refractivity contribution in [3.05, 3.63) is 47.0 Å². The van der Waals surface area contributed by atoms with Gasteiger partial charge in [0.05, 0.1) is 5.69 Å². The largest absolute Gasteiger partial charge is 0.465 e. The third kappa shape index (κ3) is 6.37. The van der Waals surface area contributed by atoms with E-state index < -0.39 is 17.5 Å². The first-order valence-corrected chi connectivity index (χ1v) is 9.22. The number of aromatic nitrogens is 1. The summed E-state index contributed by atoms with van der Waals surface area (Å²) in [6.07, 6.45) is -0.598. The highest BCUT2D eigenvalue weighted by Crippen LogP contribution is 2.20. The van der Waals surface area contributed by atoms with Crippen molar-refractivity contribution >= 4 is 34.4 Å². The van der Waals surface area contributed by atoms with Crippen molar-refractivity contribution < 1.29 is 19.5 Å². The highest BCUT2D eigenvalue weighted by molar-refractivity contribution is 7.13. The number of rotatable bonds is 8.